The van der Waals surface area contributed by atoms with Gasteiger partial charge < -0.3 is 14.8 Å². The molecular weight excluding hydrogens is 216 g/mol. The van der Waals surface area contributed by atoms with Gasteiger partial charge in [-0.05, 0) is 29.8 Å². The molecule has 1 aromatic heterocycles. The molecule has 0 saturated heterocycles. The number of hydrogen-bond donors (Lipinski definition) is 2. The van der Waals surface area contributed by atoms with Crippen LogP contribution in [-0.4, -0.2) is 5.11 Å². The lowest BCUT2D eigenvalue weighted by molar-refractivity contribution is 0.471. The zero-order valence-electron chi connectivity index (χ0n) is 9.18. The number of hydrogen-bond acceptors (Lipinski definition) is 4. The van der Waals surface area contributed by atoms with E-state index in [2.05, 4.69) is 5.32 Å². The van der Waals surface area contributed by atoms with E-state index in [0.29, 0.717) is 18.8 Å². The molecule has 0 unspecified atom stereocenters. The number of phenols is 1. The summed E-state index contributed by atoms with van der Waals surface area (Å²) in [6.45, 7) is 1.26. The molecule has 1 aromatic carbocycles. The molecule has 0 bridgehead atoms. The van der Waals surface area contributed by atoms with E-state index in [-0.39, 0.29) is 5.75 Å². The molecular formula is C13H12N2O2. The summed E-state index contributed by atoms with van der Waals surface area (Å²) in [6.07, 6.45) is 0. The fraction of sp³-hybridized carbons (Fsp3) is 0.154. The van der Waals surface area contributed by atoms with E-state index in [1.165, 1.54) is 0 Å². The molecule has 0 atom stereocenters. The third-order valence-corrected chi connectivity index (χ3v) is 2.34. The van der Waals surface area contributed by atoms with Crippen LogP contribution in [0.15, 0.2) is 40.8 Å². The first-order chi connectivity index (χ1) is 8.28. The highest BCUT2D eigenvalue weighted by molar-refractivity contribution is 5.25. The molecule has 17 heavy (non-hydrogen) atoms. The van der Waals surface area contributed by atoms with Crippen LogP contribution in [0.5, 0.6) is 5.75 Å². The van der Waals surface area contributed by atoms with Gasteiger partial charge in [0.15, 0.2) is 0 Å². The zero-order valence-corrected chi connectivity index (χ0v) is 9.18. The first-order valence-electron chi connectivity index (χ1n) is 5.25. The number of aromatic hydroxyl groups is 1. The lowest BCUT2D eigenvalue weighted by Gasteiger charge is -2.02. The summed E-state index contributed by atoms with van der Waals surface area (Å²) in [4.78, 5) is 0. The van der Waals surface area contributed by atoms with Crippen molar-refractivity contribution in [3.63, 3.8) is 0 Å². The number of nitrogens with zero attached hydrogens (tertiary/aromatic N) is 1. The highest BCUT2D eigenvalue weighted by Crippen LogP contribution is 2.10. The van der Waals surface area contributed by atoms with E-state index in [0.717, 1.165) is 11.3 Å². The molecule has 0 amide bonds. The molecule has 0 radical (unpaired) electrons. The average Bonchev–Trinajstić information content (AvgIpc) is 2.80. The van der Waals surface area contributed by atoms with Crippen molar-refractivity contribution in [1.82, 2.24) is 5.32 Å². The van der Waals surface area contributed by atoms with Crippen LogP contribution in [0.4, 0.5) is 0 Å². The quantitative estimate of drug-likeness (QED) is 0.841. The summed E-state index contributed by atoms with van der Waals surface area (Å²) in [5, 5.41) is 20.9. The monoisotopic (exact) mass is 228 g/mol. The Bertz CT molecular complexity index is 523. The van der Waals surface area contributed by atoms with E-state index >= 15 is 0 Å². The Balaban J connectivity index is 1.83. The average molecular weight is 228 g/mol. The van der Waals surface area contributed by atoms with Crippen LogP contribution in [0, 0.1) is 11.3 Å². The Labute approximate surface area is 99.1 Å². The molecule has 0 aliphatic rings. The number of nitrogens with one attached hydrogen (secondary N) is 1. The van der Waals surface area contributed by atoms with Crippen molar-refractivity contribution in [3.05, 3.63) is 53.5 Å². The molecule has 0 fully saturated rings. The molecule has 4 heteroatoms. The van der Waals surface area contributed by atoms with Crippen LogP contribution in [0.1, 0.15) is 17.1 Å². The SMILES string of the molecule is N#Cc1ccc(CNCc2ccc(O)cc2)o1. The van der Waals surface area contributed by atoms with Gasteiger partial charge in [-0.2, -0.15) is 5.26 Å². The van der Waals surface area contributed by atoms with Gasteiger partial charge >= 0.3 is 0 Å². The fourth-order valence-electron chi connectivity index (χ4n) is 1.48. The zero-order chi connectivity index (χ0) is 12.1. The van der Waals surface area contributed by atoms with Crippen LogP contribution in [0.3, 0.4) is 0 Å². The summed E-state index contributed by atoms with van der Waals surface area (Å²) in [5.74, 6) is 1.32. The first-order valence-corrected chi connectivity index (χ1v) is 5.25. The van der Waals surface area contributed by atoms with E-state index in [9.17, 15) is 0 Å². The largest absolute Gasteiger partial charge is 0.508 e. The normalized spacial score (nSPS) is 10.1. The van der Waals surface area contributed by atoms with Crippen molar-refractivity contribution in [3.8, 4) is 11.8 Å². The predicted octanol–water partition coefficient (Wildman–Crippen LogP) is 2.15. The number of phenolic OH excluding ortho intramolecular Hbond substituents is 1. The molecule has 0 aliphatic carbocycles. The lowest BCUT2D eigenvalue weighted by Crippen LogP contribution is -2.11. The highest BCUT2D eigenvalue weighted by atomic mass is 16.3. The third kappa shape index (κ3) is 3.10. The standard InChI is InChI=1S/C13H12N2O2/c14-7-12-5-6-13(17-12)9-15-8-10-1-3-11(16)4-2-10/h1-6,15-16H,8-9H2. The van der Waals surface area contributed by atoms with E-state index in [1.807, 2.05) is 18.2 Å². The van der Waals surface area contributed by atoms with Gasteiger partial charge in [0.25, 0.3) is 0 Å². The first kappa shape index (κ1) is 11.2. The summed E-state index contributed by atoms with van der Waals surface area (Å²) in [6, 6.07) is 12.4. The number of benzene rings is 1. The van der Waals surface area contributed by atoms with Gasteiger partial charge in [-0.15, -0.1) is 0 Å². The molecule has 4 nitrogen and oxygen atoms in total. The minimum Gasteiger partial charge on any atom is -0.508 e. The lowest BCUT2D eigenvalue weighted by atomic mass is 10.2. The number of rotatable bonds is 4. The van der Waals surface area contributed by atoms with Crippen molar-refractivity contribution in [1.29, 1.82) is 5.26 Å². The Kier molecular flexibility index (Phi) is 3.43. The molecule has 86 valence electrons. The second-order valence-electron chi connectivity index (χ2n) is 3.65. The van der Waals surface area contributed by atoms with E-state index in [4.69, 9.17) is 14.8 Å². The third-order valence-electron chi connectivity index (χ3n) is 2.34. The molecule has 2 N–H and O–H groups in total. The van der Waals surface area contributed by atoms with Crippen LogP contribution in [-0.2, 0) is 13.1 Å². The second-order valence-corrected chi connectivity index (χ2v) is 3.65. The minimum absolute atomic E-state index is 0.262. The Morgan fingerprint density at radius 3 is 2.53 bits per heavy atom. The Morgan fingerprint density at radius 2 is 1.88 bits per heavy atom. The van der Waals surface area contributed by atoms with Gasteiger partial charge in [-0.25, -0.2) is 0 Å². The van der Waals surface area contributed by atoms with Crippen molar-refractivity contribution >= 4 is 0 Å². The fourth-order valence-corrected chi connectivity index (χ4v) is 1.48. The van der Waals surface area contributed by atoms with E-state index in [1.54, 1.807) is 24.3 Å². The second kappa shape index (κ2) is 5.19. The molecule has 0 spiro atoms. The van der Waals surface area contributed by atoms with Crippen molar-refractivity contribution in [2.75, 3.05) is 0 Å². The van der Waals surface area contributed by atoms with Gasteiger partial charge in [-0.1, -0.05) is 12.1 Å². The van der Waals surface area contributed by atoms with Gasteiger partial charge in [0.1, 0.15) is 17.6 Å². The summed E-state index contributed by atoms with van der Waals surface area (Å²) < 4.78 is 5.23. The van der Waals surface area contributed by atoms with Crippen LogP contribution in [0.25, 0.3) is 0 Å². The van der Waals surface area contributed by atoms with Crippen LogP contribution < -0.4 is 5.32 Å². The maximum atomic E-state index is 9.12. The topological polar surface area (TPSA) is 69.2 Å². The maximum Gasteiger partial charge on any atom is 0.203 e. The number of nitriles is 1. The van der Waals surface area contributed by atoms with Gasteiger partial charge in [-0.3, -0.25) is 0 Å². The predicted molar refractivity (Wildman–Crippen MR) is 62.1 cm³/mol. The molecule has 2 rings (SSSR count). The Morgan fingerprint density at radius 1 is 1.12 bits per heavy atom. The van der Waals surface area contributed by atoms with Crippen molar-refractivity contribution < 1.29 is 9.52 Å². The maximum absolute atomic E-state index is 9.12. The van der Waals surface area contributed by atoms with Gasteiger partial charge in [0.2, 0.25) is 5.76 Å². The molecule has 0 aliphatic heterocycles. The molecule has 0 saturated carbocycles. The highest BCUT2D eigenvalue weighted by Gasteiger charge is 2.00. The minimum atomic E-state index is 0.262. The van der Waals surface area contributed by atoms with Crippen molar-refractivity contribution in [2.24, 2.45) is 0 Å². The molecule has 2 aromatic rings. The molecule has 1 heterocycles. The van der Waals surface area contributed by atoms with Gasteiger partial charge in [0.05, 0.1) is 6.54 Å². The van der Waals surface area contributed by atoms with E-state index < -0.39 is 0 Å². The summed E-state index contributed by atoms with van der Waals surface area (Å²) >= 11 is 0. The number of furan rings is 1. The Hall–Kier alpha value is -2.25. The van der Waals surface area contributed by atoms with Gasteiger partial charge in [0, 0.05) is 6.54 Å². The van der Waals surface area contributed by atoms with Crippen molar-refractivity contribution in [2.45, 2.75) is 13.1 Å². The summed E-state index contributed by atoms with van der Waals surface area (Å²) in [7, 11) is 0. The smallest absolute Gasteiger partial charge is 0.203 e. The van der Waals surface area contributed by atoms with Crippen LogP contribution in [0.2, 0.25) is 0 Å². The summed E-state index contributed by atoms with van der Waals surface area (Å²) in [5.41, 5.74) is 1.08. The van der Waals surface area contributed by atoms with Crippen LogP contribution >= 0.6 is 0 Å².